The Bertz CT molecular complexity index is 348. The van der Waals surface area contributed by atoms with Crippen molar-refractivity contribution in [2.24, 2.45) is 0 Å². The van der Waals surface area contributed by atoms with Gasteiger partial charge in [0.1, 0.15) is 0 Å². The zero-order valence-corrected chi connectivity index (χ0v) is 12.2. The van der Waals surface area contributed by atoms with Crippen LogP contribution in [0.5, 0.6) is 0 Å². The molecule has 0 radical (unpaired) electrons. The minimum atomic E-state index is -4.61. The van der Waals surface area contributed by atoms with Crippen LogP contribution in [0.15, 0.2) is 0 Å². The smallest absolute Gasteiger partial charge is 0.380 e. The predicted molar refractivity (Wildman–Crippen MR) is 69.2 cm³/mol. The first kappa shape index (κ1) is 17.2. The average molecular weight is 296 g/mol. The van der Waals surface area contributed by atoms with E-state index in [2.05, 4.69) is 5.32 Å². The minimum Gasteiger partial charge on any atom is -0.380 e. The molecule has 20 heavy (non-hydrogen) atoms. The van der Waals surface area contributed by atoms with Gasteiger partial charge < -0.3 is 10.4 Å². The number of nitrogens with one attached hydrogen (secondary N) is 1. The summed E-state index contributed by atoms with van der Waals surface area (Å²) in [6.45, 7) is 5.93. The van der Waals surface area contributed by atoms with Gasteiger partial charge in [0.05, 0.1) is 6.54 Å². The van der Waals surface area contributed by atoms with Crippen molar-refractivity contribution in [3.8, 4) is 0 Å². The summed E-state index contributed by atoms with van der Waals surface area (Å²) in [6.07, 6.45) is -4.61. The van der Waals surface area contributed by atoms with Crippen molar-refractivity contribution in [1.29, 1.82) is 0 Å². The number of amides is 1. The van der Waals surface area contributed by atoms with Gasteiger partial charge in [-0.05, 0) is 33.1 Å². The minimum absolute atomic E-state index is 0.0655. The Balaban J connectivity index is 2.46. The lowest BCUT2D eigenvalue weighted by Gasteiger charge is -2.39. The van der Waals surface area contributed by atoms with Crippen molar-refractivity contribution < 1.29 is 23.1 Å². The SMILES string of the molecule is CCC(C)(C)NC(=O)CN1CCC(O)(C(F)(F)F)CC1. The van der Waals surface area contributed by atoms with Gasteiger partial charge in [0.15, 0.2) is 5.60 Å². The van der Waals surface area contributed by atoms with E-state index in [4.69, 9.17) is 0 Å². The lowest BCUT2D eigenvalue weighted by Crippen LogP contribution is -2.55. The molecule has 1 fully saturated rings. The highest BCUT2D eigenvalue weighted by molar-refractivity contribution is 5.78. The maximum atomic E-state index is 12.6. The van der Waals surface area contributed by atoms with Crippen LogP contribution in [0, 0.1) is 0 Å². The van der Waals surface area contributed by atoms with Crippen LogP contribution in [0.3, 0.4) is 0 Å². The molecule has 0 aliphatic carbocycles. The van der Waals surface area contributed by atoms with Gasteiger partial charge in [-0.2, -0.15) is 13.2 Å². The molecule has 1 saturated heterocycles. The molecule has 1 amide bonds. The molecular formula is C13H23F3N2O2. The topological polar surface area (TPSA) is 52.6 Å². The molecule has 0 atom stereocenters. The molecule has 1 aliphatic rings. The number of rotatable bonds is 4. The summed E-state index contributed by atoms with van der Waals surface area (Å²) < 4.78 is 37.9. The first-order valence-electron chi connectivity index (χ1n) is 6.81. The largest absolute Gasteiger partial charge is 0.417 e. The zero-order chi connectivity index (χ0) is 15.6. The number of likely N-dealkylation sites (tertiary alicyclic amines) is 1. The normalized spacial score (nSPS) is 20.8. The molecule has 0 aromatic carbocycles. The molecule has 0 unspecified atom stereocenters. The van der Waals surface area contributed by atoms with Gasteiger partial charge in [-0.3, -0.25) is 9.69 Å². The fourth-order valence-corrected chi connectivity index (χ4v) is 2.07. The van der Waals surface area contributed by atoms with Gasteiger partial charge in [-0.25, -0.2) is 0 Å². The van der Waals surface area contributed by atoms with Crippen LogP contribution >= 0.6 is 0 Å². The molecule has 0 spiro atoms. The van der Waals surface area contributed by atoms with Crippen LogP contribution < -0.4 is 5.32 Å². The Morgan fingerprint density at radius 2 is 1.80 bits per heavy atom. The number of carbonyl (C=O) groups excluding carboxylic acids is 1. The Hall–Kier alpha value is -0.820. The molecule has 0 aromatic rings. The van der Waals surface area contributed by atoms with Gasteiger partial charge in [0.25, 0.3) is 0 Å². The molecule has 118 valence electrons. The molecule has 2 N–H and O–H groups in total. The van der Waals surface area contributed by atoms with Crippen molar-refractivity contribution >= 4 is 5.91 Å². The van der Waals surface area contributed by atoms with E-state index >= 15 is 0 Å². The Morgan fingerprint density at radius 3 is 2.20 bits per heavy atom. The summed E-state index contributed by atoms with van der Waals surface area (Å²) in [6, 6.07) is 0. The van der Waals surface area contributed by atoms with E-state index in [1.165, 1.54) is 0 Å². The summed E-state index contributed by atoms with van der Waals surface area (Å²) in [4.78, 5) is 13.4. The van der Waals surface area contributed by atoms with Crippen molar-refractivity contribution in [2.75, 3.05) is 19.6 Å². The highest BCUT2D eigenvalue weighted by atomic mass is 19.4. The van der Waals surface area contributed by atoms with E-state index in [1.54, 1.807) is 4.90 Å². The number of hydrogen-bond donors (Lipinski definition) is 2. The number of piperidine rings is 1. The van der Waals surface area contributed by atoms with Gasteiger partial charge >= 0.3 is 6.18 Å². The predicted octanol–water partition coefficient (Wildman–Crippen LogP) is 1.68. The van der Waals surface area contributed by atoms with E-state index < -0.39 is 11.8 Å². The highest BCUT2D eigenvalue weighted by Gasteiger charge is 2.54. The van der Waals surface area contributed by atoms with Crippen LogP contribution in [-0.4, -0.2) is 52.9 Å². The number of carbonyl (C=O) groups is 1. The fourth-order valence-electron chi connectivity index (χ4n) is 2.07. The summed E-state index contributed by atoms with van der Waals surface area (Å²) in [7, 11) is 0. The van der Waals surface area contributed by atoms with Crippen LogP contribution in [0.25, 0.3) is 0 Å². The third-order valence-corrected chi connectivity index (χ3v) is 3.94. The van der Waals surface area contributed by atoms with Crippen LogP contribution in [0.1, 0.15) is 40.0 Å². The second kappa shape index (κ2) is 5.89. The third-order valence-electron chi connectivity index (χ3n) is 3.94. The van der Waals surface area contributed by atoms with Crippen LogP contribution in [0.4, 0.5) is 13.2 Å². The number of nitrogens with zero attached hydrogens (tertiary/aromatic N) is 1. The first-order valence-corrected chi connectivity index (χ1v) is 6.81. The van der Waals surface area contributed by atoms with Crippen molar-refractivity contribution in [1.82, 2.24) is 10.2 Å². The molecular weight excluding hydrogens is 273 g/mol. The Labute approximate surface area is 117 Å². The monoisotopic (exact) mass is 296 g/mol. The Morgan fingerprint density at radius 1 is 1.30 bits per heavy atom. The van der Waals surface area contributed by atoms with E-state index in [0.717, 1.165) is 6.42 Å². The lowest BCUT2D eigenvalue weighted by molar-refractivity contribution is -0.272. The standard InChI is InChI=1S/C13H23F3N2O2/c1-4-11(2,3)17-10(19)9-18-7-5-12(20,6-8-18)13(14,15)16/h20H,4-9H2,1-3H3,(H,17,19). The van der Waals surface area contributed by atoms with Crippen LogP contribution in [0.2, 0.25) is 0 Å². The highest BCUT2D eigenvalue weighted by Crippen LogP contribution is 2.38. The second-order valence-electron chi connectivity index (χ2n) is 6.09. The first-order chi connectivity index (χ1) is 8.99. The lowest BCUT2D eigenvalue weighted by atomic mass is 9.91. The van der Waals surface area contributed by atoms with E-state index in [9.17, 15) is 23.1 Å². The molecule has 0 aromatic heterocycles. The van der Waals surface area contributed by atoms with Gasteiger partial charge in [-0.1, -0.05) is 6.92 Å². The maximum absolute atomic E-state index is 12.6. The van der Waals surface area contributed by atoms with Gasteiger partial charge in [0, 0.05) is 18.6 Å². The quantitative estimate of drug-likeness (QED) is 0.830. The van der Waals surface area contributed by atoms with Gasteiger partial charge in [0.2, 0.25) is 5.91 Å². The van der Waals surface area contributed by atoms with E-state index in [0.29, 0.717) is 0 Å². The van der Waals surface area contributed by atoms with E-state index in [1.807, 2.05) is 20.8 Å². The van der Waals surface area contributed by atoms with Crippen molar-refractivity contribution in [3.05, 3.63) is 0 Å². The summed E-state index contributed by atoms with van der Waals surface area (Å²) in [5.74, 6) is -0.200. The maximum Gasteiger partial charge on any atom is 0.417 e. The summed E-state index contributed by atoms with van der Waals surface area (Å²) >= 11 is 0. The molecule has 7 heteroatoms. The number of alkyl halides is 3. The molecule has 0 saturated carbocycles. The fraction of sp³-hybridized carbons (Fsp3) is 0.923. The van der Waals surface area contributed by atoms with Crippen LogP contribution in [-0.2, 0) is 4.79 Å². The van der Waals surface area contributed by atoms with Crippen molar-refractivity contribution in [2.45, 2.75) is 57.3 Å². The number of halogens is 3. The van der Waals surface area contributed by atoms with E-state index in [-0.39, 0.29) is 43.9 Å². The molecule has 4 nitrogen and oxygen atoms in total. The number of hydrogen-bond acceptors (Lipinski definition) is 3. The second-order valence-corrected chi connectivity index (χ2v) is 6.09. The zero-order valence-electron chi connectivity index (χ0n) is 12.2. The third kappa shape index (κ3) is 4.34. The molecule has 1 aliphatic heterocycles. The van der Waals surface area contributed by atoms with Gasteiger partial charge in [-0.15, -0.1) is 0 Å². The summed E-state index contributed by atoms with van der Waals surface area (Å²) in [5, 5.41) is 12.4. The van der Waals surface area contributed by atoms with Crippen molar-refractivity contribution in [3.63, 3.8) is 0 Å². The average Bonchev–Trinajstić information content (AvgIpc) is 2.30. The Kier molecular flexibility index (Phi) is 5.08. The molecule has 1 heterocycles. The molecule has 1 rings (SSSR count). The molecule has 0 bridgehead atoms. The number of aliphatic hydroxyl groups is 1. The summed E-state index contributed by atoms with van der Waals surface area (Å²) in [5.41, 5.74) is -2.93.